The van der Waals surface area contributed by atoms with E-state index in [9.17, 15) is 14.7 Å². The van der Waals surface area contributed by atoms with Crippen LogP contribution in [0.1, 0.15) is 22.5 Å². The second-order valence-electron chi connectivity index (χ2n) is 6.65. The average molecular weight is 375 g/mol. The molecule has 0 unspecified atom stereocenters. The number of rotatable bonds is 2. The van der Waals surface area contributed by atoms with Crippen molar-refractivity contribution in [3.05, 3.63) is 54.0 Å². The van der Waals surface area contributed by atoms with E-state index in [0.717, 1.165) is 0 Å². The number of benzene rings is 1. The first kappa shape index (κ1) is 17.7. The summed E-state index contributed by atoms with van der Waals surface area (Å²) in [7, 11) is 1.64. The van der Waals surface area contributed by atoms with Crippen molar-refractivity contribution in [2.24, 2.45) is 5.73 Å². The molecule has 8 nitrogen and oxygen atoms in total. The van der Waals surface area contributed by atoms with Crippen LogP contribution in [0, 0.1) is 11.8 Å². The van der Waals surface area contributed by atoms with Crippen molar-refractivity contribution >= 4 is 17.5 Å². The number of carbonyl (C=O) groups is 2. The third kappa shape index (κ3) is 2.98. The van der Waals surface area contributed by atoms with Crippen LogP contribution in [-0.2, 0) is 4.79 Å². The molecule has 0 spiro atoms. The zero-order valence-corrected chi connectivity index (χ0v) is 15.1. The van der Waals surface area contributed by atoms with Crippen LogP contribution < -0.4 is 5.73 Å². The zero-order valence-electron chi connectivity index (χ0n) is 15.1. The van der Waals surface area contributed by atoms with Crippen molar-refractivity contribution in [3.8, 4) is 23.2 Å². The van der Waals surface area contributed by atoms with Gasteiger partial charge in [0, 0.05) is 49.6 Å². The van der Waals surface area contributed by atoms with Crippen LogP contribution in [-0.4, -0.2) is 55.4 Å². The van der Waals surface area contributed by atoms with Crippen molar-refractivity contribution in [1.29, 1.82) is 0 Å². The number of fused-ring (bicyclic) bond motifs is 1. The number of imidazole rings is 1. The number of primary amides is 1. The number of likely N-dealkylation sites (N-methyl/N-ethyl adjacent to an activating group) is 1. The second-order valence-corrected chi connectivity index (χ2v) is 6.65. The number of nitrogens with zero attached hydrogens (tertiary/aromatic N) is 4. The van der Waals surface area contributed by atoms with Gasteiger partial charge in [-0.1, -0.05) is 24.0 Å². The summed E-state index contributed by atoms with van der Waals surface area (Å²) in [6.45, 7) is 0.465. The molecule has 1 saturated heterocycles. The predicted octanol–water partition coefficient (Wildman–Crippen LogP) is 0.440. The predicted molar refractivity (Wildman–Crippen MR) is 101 cm³/mol. The van der Waals surface area contributed by atoms with Gasteiger partial charge in [-0.15, -0.1) is 0 Å². The summed E-state index contributed by atoms with van der Waals surface area (Å²) in [4.78, 5) is 33.7. The molecule has 1 aromatic carbocycles. The van der Waals surface area contributed by atoms with E-state index in [4.69, 9.17) is 5.73 Å². The number of aliphatic hydroxyl groups is 1. The molecule has 1 aliphatic rings. The Bertz CT molecular complexity index is 1170. The first-order valence-electron chi connectivity index (χ1n) is 8.63. The average Bonchev–Trinajstić information content (AvgIpc) is 3.27. The Hall–Kier alpha value is -3.70. The van der Waals surface area contributed by atoms with Gasteiger partial charge in [-0.3, -0.25) is 14.0 Å². The van der Waals surface area contributed by atoms with Gasteiger partial charge >= 0.3 is 0 Å². The van der Waals surface area contributed by atoms with E-state index in [0.29, 0.717) is 29.1 Å². The Balaban J connectivity index is 1.76. The lowest BCUT2D eigenvalue weighted by molar-refractivity contribution is -0.137. The molecule has 4 rings (SSSR count). The summed E-state index contributed by atoms with van der Waals surface area (Å²) < 4.78 is 1.74. The summed E-state index contributed by atoms with van der Waals surface area (Å²) in [5.41, 5.74) is 5.68. The maximum absolute atomic E-state index is 12.1. The fraction of sp³-hybridized carbons (Fsp3) is 0.200. The number of carbonyl (C=O) groups excluding carboxylic acids is 2. The highest BCUT2D eigenvalue weighted by molar-refractivity contribution is 5.92. The first-order chi connectivity index (χ1) is 13.4. The lowest BCUT2D eigenvalue weighted by Gasteiger charge is -2.13. The van der Waals surface area contributed by atoms with Gasteiger partial charge in [0.05, 0.1) is 0 Å². The van der Waals surface area contributed by atoms with Crippen molar-refractivity contribution in [3.63, 3.8) is 0 Å². The van der Waals surface area contributed by atoms with Gasteiger partial charge in [-0.2, -0.15) is 0 Å². The SMILES string of the molecule is CN1CC[C@@](O)(C#Cc2cccc(-c3nc(C(N)=O)cc4nccn34)c2)C1=O. The highest BCUT2D eigenvalue weighted by Gasteiger charge is 2.42. The Labute approximate surface area is 160 Å². The van der Waals surface area contributed by atoms with E-state index in [2.05, 4.69) is 21.8 Å². The summed E-state index contributed by atoms with van der Waals surface area (Å²) in [5.74, 6) is 5.02. The fourth-order valence-electron chi connectivity index (χ4n) is 3.13. The molecule has 2 amide bonds. The molecule has 8 heteroatoms. The summed E-state index contributed by atoms with van der Waals surface area (Å²) >= 11 is 0. The molecular formula is C20H17N5O3. The van der Waals surface area contributed by atoms with Crippen LogP contribution in [0.3, 0.4) is 0 Å². The lowest BCUT2D eigenvalue weighted by atomic mass is 10.0. The Morgan fingerprint density at radius 3 is 2.89 bits per heavy atom. The zero-order chi connectivity index (χ0) is 19.9. The minimum atomic E-state index is -1.66. The molecule has 0 aliphatic carbocycles. The maximum Gasteiger partial charge on any atom is 0.267 e. The van der Waals surface area contributed by atoms with Gasteiger partial charge in [0.25, 0.3) is 11.8 Å². The molecule has 0 saturated carbocycles. The molecule has 0 radical (unpaired) electrons. The Kier molecular flexibility index (Phi) is 4.09. The summed E-state index contributed by atoms with van der Waals surface area (Å²) in [5, 5.41) is 10.4. The highest BCUT2D eigenvalue weighted by Crippen LogP contribution is 2.23. The van der Waals surface area contributed by atoms with E-state index >= 15 is 0 Å². The third-order valence-electron chi connectivity index (χ3n) is 4.69. The lowest BCUT2D eigenvalue weighted by Crippen LogP contribution is -2.37. The Morgan fingerprint density at radius 2 is 2.18 bits per heavy atom. The van der Waals surface area contributed by atoms with E-state index < -0.39 is 17.4 Å². The van der Waals surface area contributed by atoms with E-state index in [-0.39, 0.29) is 12.1 Å². The topological polar surface area (TPSA) is 114 Å². The molecule has 3 N–H and O–H groups in total. The normalized spacial score (nSPS) is 18.9. The minimum Gasteiger partial charge on any atom is -0.369 e. The fourth-order valence-corrected chi connectivity index (χ4v) is 3.13. The quantitative estimate of drug-likeness (QED) is 0.631. The number of amides is 2. The molecular weight excluding hydrogens is 358 g/mol. The van der Waals surface area contributed by atoms with Gasteiger partial charge in [-0.25, -0.2) is 9.97 Å². The van der Waals surface area contributed by atoms with Crippen LogP contribution in [0.4, 0.5) is 0 Å². The Morgan fingerprint density at radius 1 is 1.36 bits per heavy atom. The van der Waals surface area contributed by atoms with Crippen LogP contribution in [0.25, 0.3) is 17.0 Å². The number of hydrogen-bond acceptors (Lipinski definition) is 5. The van der Waals surface area contributed by atoms with Crippen molar-refractivity contribution in [2.45, 2.75) is 12.0 Å². The molecule has 1 fully saturated rings. The molecule has 0 bridgehead atoms. The second kappa shape index (κ2) is 6.48. The molecule has 3 heterocycles. The van der Waals surface area contributed by atoms with Crippen molar-refractivity contribution in [2.75, 3.05) is 13.6 Å². The summed E-state index contributed by atoms with van der Waals surface area (Å²) in [6, 6.07) is 8.67. The first-order valence-corrected chi connectivity index (χ1v) is 8.63. The van der Waals surface area contributed by atoms with Crippen molar-refractivity contribution in [1.82, 2.24) is 19.3 Å². The largest absolute Gasteiger partial charge is 0.369 e. The maximum atomic E-state index is 12.1. The van der Waals surface area contributed by atoms with Gasteiger partial charge in [-0.05, 0) is 12.1 Å². The number of nitrogens with two attached hydrogens (primary N) is 1. The highest BCUT2D eigenvalue weighted by atomic mass is 16.3. The molecule has 1 atom stereocenters. The number of aromatic nitrogens is 3. The van der Waals surface area contributed by atoms with Gasteiger partial charge < -0.3 is 15.7 Å². The van der Waals surface area contributed by atoms with Gasteiger partial charge in [0.15, 0.2) is 0 Å². The van der Waals surface area contributed by atoms with E-state index in [1.165, 1.54) is 11.0 Å². The third-order valence-corrected chi connectivity index (χ3v) is 4.69. The van der Waals surface area contributed by atoms with Crippen LogP contribution in [0.15, 0.2) is 42.7 Å². The van der Waals surface area contributed by atoms with E-state index in [1.54, 1.807) is 42.0 Å². The van der Waals surface area contributed by atoms with Crippen molar-refractivity contribution < 1.29 is 14.7 Å². The standard InChI is InChI=1S/C20H17N5O3/c1-24-9-7-20(28,19(24)27)6-5-13-3-2-4-14(11-13)18-23-15(17(21)26)12-16-22-8-10-25(16)18/h2-4,8,10-12,28H,7,9H2,1H3,(H2,21,26)/t20-/m0/s1. The molecule has 3 aromatic rings. The number of likely N-dealkylation sites (tertiary alicyclic amines) is 1. The molecule has 1 aliphatic heterocycles. The van der Waals surface area contributed by atoms with Crippen LogP contribution in [0.2, 0.25) is 0 Å². The minimum absolute atomic E-state index is 0.110. The summed E-state index contributed by atoms with van der Waals surface area (Å²) in [6.07, 6.45) is 3.61. The number of hydrogen-bond donors (Lipinski definition) is 2. The van der Waals surface area contributed by atoms with E-state index in [1.807, 2.05) is 6.07 Å². The van der Waals surface area contributed by atoms with Crippen LogP contribution >= 0.6 is 0 Å². The van der Waals surface area contributed by atoms with Gasteiger partial charge in [0.1, 0.15) is 17.2 Å². The smallest absolute Gasteiger partial charge is 0.267 e. The molecule has 140 valence electrons. The monoisotopic (exact) mass is 375 g/mol. The van der Waals surface area contributed by atoms with Crippen LogP contribution in [0.5, 0.6) is 0 Å². The van der Waals surface area contributed by atoms with Gasteiger partial charge in [0.2, 0.25) is 5.60 Å². The molecule has 28 heavy (non-hydrogen) atoms. The molecule has 2 aromatic heterocycles.